The molecule has 0 aliphatic rings. The molecular weight excluding hydrogens is 366 g/mol. The zero-order valence-electron chi connectivity index (χ0n) is 19.9. The summed E-state index contributed by atoms with van der Waals surface area (Å²) in [4.78, 5) is 23.1. The van der Waals surface area contributed by atoms with Gasteiger partial charge in [-0.15, -0.1) is 0 Å². The summed E-state index contributed by atoms with van der Waals surface area (Å²) in [7, 11) is 5.91. The minimum Gasteiger partial charge on any atom is -0.481 e. The van der Waals surface area contributed by atoms with Crippen molar-refractivity contribution in [2.45, 2.75) is 110 Å². The molecule has 0 fully saturated rings. The Labute approximate surface area is 179 Å². The summed E-state index contributed by atoms with van der Waals surface area (Å²) in [5.74, 6) is -0.476. The standard InChI is InChI=1S/C24H47NO4/c1-6-7-8-9-10-11-12-13-16-21(2)17-14-15-18-24(28)29-22(19-23(26)27)20-25(3,4)5/h21-22H,6-20H2,1-5H3/p+1. The number of carboxylic acid groups (broad SMARTS) is 1. The molecule has 0 amide bonds. The second-order valence-corrected chi connectivity index (χ2v) is 9.80. The van der Waals surface area contributed by atoms with Crippen LogP contribution in [0.3, 0.4) is 0 Å². The van der Waals surface area contributed by atoms with Crippen molar-refractivity contribution >= 4 is 11.9 Å². The fourth-order valence-electron chi connectivity index (χ4n) is 3.73. The number of aliphatic carboxylic acids is 1. The van der Waals surface area contributed by atoms with Gasteiger partial charge in [0.2, 0.25) is 0 Å². The van der Waals surface area contributed by atoms with E-state index in [2.05, 4.69) is 13.8 Å². The molecule has 1 N–H and O–H groups in total. The van der Waals surface area contributed by atoms with Gasteiger partial charge < -0.3 is 14.3 Å². The molecule has 0 bridgehead atoms. The van der Waals surface area contributed by atoms with E-state index < -0.39 is 12.1 Å². The number of carbonyl (C=O) groups is 2. The molecule has 2 atom stereocenters. The van der Waals surface area contributed by atoms with Crippen LogP contribution >= 0.6 is 0 Å². The molecule has 0 spiro atoms. The van der Waals surface area contributed by atoms with Crippen molar-refractivity contribution in [2.75, 3.05) is 27.7 Å². The van der Waals surface area contributed by atoms with E-state index in [1.165, 1.54) is 57.8 Å². The Morgan fingerprint density at radius 1 is 0.862 bits per heavy atom. The molecule has 0 radical (unpaired) electrons. The number of carboxylic acids is 1. The SMILES string of the molecule is CCCCCCCCCCC(C)CCCCC(=O)OC(CC(=O)O)C[N+](C)(C)C. The highest BCUT2D eigenvalue weighted by molar-refractivity contribution is 5.71. The van der Waals surface area contributed by atoms with E-state index in [1.54, 1.807) is 0 Å². The number of unbranched alkanes of at least 4 members (excludes halogenated alkanes) is 8. The van der Waals surface area contributed by atoms with Crippen molar-refractivity contribution in [2.24, 2.45) is 5.92 Å². The molecule has 0 aliphatic carbocycles. The molecule has 5 heteroatoms. The van der Waals surface area contributed by atoms with E-state index in [4.69, 9.17) is 9.84 Å². The second-order valence-electron chi connectivity index (χ2n) is 9.80. The molecule has 0 saturated carbocycles. The lowest BCUT2D eigenvalue weighted by atomic mass is 9.96. The number of carbonyl (C=O) groups excluding carboxylic acids is 1. The van der Waals surface area contributed by atoms with E-state index >= 15 is 0 Å². The third-order valence-electron chi connectivity index (χ3n) is 5.33. The first-order valence-corrected chi connectivity index (χ1v) is 11.9. The molecule has 172 valence electrons. The van der Waals surface area contributed by atoms with Gasteiger partial charge in [0.1, 0.15) is 6.54 Å². The quantitative estimate of drug-likeness (QED) is 0.165. The van der Waals surface area contributed by atoms with Crippen molar-refractivity contribution in [1.29, 1.82) is 0 Å². The summed E-state index contributed by atoms with van der Waals surface area (Å²) in [6.45, 7) is 5.07. The predicted octanol–water partition coefficient (Wildman–Crippen LogP) is 5.81. The molecule has 0 aromatic rings. The number of quaternary nitrogens is 1. The molecule has 0 rings (SSSR count). The highest BCUT2D eigenvalue weighted by Crippen LogP contribution is 2.18. The molecule has 2 unspecified atom stereocenters. The van der Waals surface area contributed by atoms with Crippen LogP contribution < -0.4 is 0 Å². The molecule has 0 aromatic heterocycles. The molecule has 0 heterocycles. The van der Waals surface area contributed by atoms with E-state index in [0.717, 1.165) is 19.3 Å². The van der Waals surface area contributed by atoms with E-state index in [1.807, 2.05) is 21.1 Å². The third-order valence-corrected chi connectivity index (χ3v) is 5.33. The zero-order chi connectivity index (χ0) is 22.1. The maximum atomic E-state index is 12.1. The smallest absolute Gasteiger partial charge is 0.307 e. The highest BCUT2D eigenvalue weighted by Gasteiger charge is 2.24. The highest BCUT2D eigenvalue weighted by atomic mass is 16.5. The summed E-state index contributed by atoms with van der Waals surface area (Å²) in [6, 6.07) is 0. The Bertz CT molecular complexity index is 431. The Morgan fingerprint density at radius 3 is 1.90 bits per heavy atom. The minimum atomic E-state index is -0.925. The maximum Gasteiger partial charge on any atom is 0.307 e. The van der Waals surface area contributed by atoms with Crippen LogP contribution in [0.4, 0.5) is 0 Å². The zero-order valence-corrected chi connectivity index (χ0v) is 19.9. The first kappa shape index (κ1) is 27.9. The maximum absolute atomic E-state index is 12.1. The van der Waals surface area contributed by atoms with Crippen LogP contribution in [-0.2, 0) is 14.3 Å². The lowest BCUT2D eigenvalue weighted by molar-refractivity contribution is -0.873. The van der Waals surface area contributed by atoms with E-state index in [9.17, 15) is 9.59 Å². The molecular formula is C24H48NO4+. The van der Waals surface area contributed by atoms with Gasteiger partial charge in [-0.3, -0.25) is 9.59 Å². The van der Waals surface area contributed by atoms with Crippen molar-refractivity contribution in [3.05, 3.63) is 0 Å². The second kappa shape index (κ2) is 16.7. The van der Waals surface area contributed by atoms with Gasteiger partial charge in [0, 0.05) is 6.42 Å². The largest absolute Gasteiger partial charge is 0.481 e. The van der Waals surface area contributed by atoms with Crippen molar-refractivity contribution in [3.8, 4) is 0 Å². The number of hydrogen-bond acceptors (Lipinski definition) is 3. The summed E-state index contributed by atoms with van der Waals surface area (Å²) >= 11 is 0. The summed E-state index contributed by atoms with van der Waals surface area (Å²) in [5, 5.41) is 9.02. The first-order valence-electron chi connectivity index (χ1n) is 11.9. The van der Waals surface area contributed by atoms with Gasteiger partial charge in [0.15, 0.2) is 6.10 Å². The van der Waals surface area contributed by atoms with Gasteiger partial charge in [0.25, 0.3) is 0 Å². The van der Waals surface area contributed by atoms with Crippen molar-refractivity contribution in [1.82, 2.24) is 0 Å². The summed E-state index contributed by atoms with van der Waals surface area (Å²) < 4.78 is 6.01. The van der Waals surface area contributed by atoms with E-state index in [-0.39, 0.29) is 12.4 Å². The predicted molar refractivity (Wildman–Crippen MR) is 120 cm³/mol. The Balaban J connectivity index is 3.80. The number of likely N-dealkylation sites (N-methyl/N-ethyl adjacent to an activating group) is 1. The number of ether oxygens (including phenoxy) is 1. The van der Waals surface area contributed by atoms with Crippen LogP contribution in [0.25, 0.3) is 0 Å². The Morgan fingerprint density at radius 2 is 1.38 bits per heavy atom. The van der Waals surface area contributed by atoms with Crippen LogP contribution in [0.5, 0.6) is 0 Å². The molecule has 5 nitrogen and oxygen atoms in total. The molecule has 0 aromatic carbocycles. The van der Waals surface area contributed by atoms with Crippen LogP contribution in [0, 0.1) is 5.92 Å². The minimum absolute atomic E-state index is 0.128. The van der Waals surface area contributed by atoms with Crippen LogP contribution in [0.2, 0.25) is 0 Å². The number of rotatable bonds is 19. The normalized spacial score (nSPS) is 13.8. The Kier molecular flexibility index (Phi) is 16.0. The van der Waals surface area contributed by atoms with Crippen molar-refractivity contribution < 1.29 is 23.9 Å². The third kappa shape index (κ3) is 20.0. The van der Waals surface area contributed by atoms with Gasteiger partial charge in [-0.1, -0.05) is 84.5 Å². The van der Waals surface area contributed by atoms with Gasteiger partial charge >= 0.3 is 11.9 Å². The van der Waals surface area contributed by atoms with Crippen LogP contribution in [0.1, 0.15) is 104 Å². The number of esters is 1. The van der Waals surface area contributed by atoms with Crippen LogP contribution in [-0.4, -0.2) is 55.3 Å². The van der Waals surface area contributed by atoms with Crippen molar-refractivity contribution in [3.63, 3.8) is 0 Å². The topological polar surface area (TPSA) is 63.6 Å². The lowest BCUT2D eigenvalue weighted by Crippen LogP contribution is -2.43. The average Bonchev–Trinajstić information content (AvgIpc) is 2.59. The monoisotopic (exact) mass is 414 g/mol. The molecule has 0 aliphatic heterocycles. The molecule has 0 saturated heterocycles. The fourth-order valence-corrected chi connectivity index (χ4v) is 3.73. The number of hydrogen-bond donors (Lipinski definition) is 1. The fraction of sp³-hybridized carbons (Fsp3) is 0.917. The van der Waals surface area contributed by atoms with Gasteiger partial charge in [-0.25, -0.2) is 0 Å². The van der Waals surface area contributed by atoms with Gasteiger partial charge in [0.05, 0.1) is 27.6 Å². The van der Waals surface area contributed by atoms with Crippen LogP contribution in [0.15, 0.2) is 0 Å². The lowest BCUT2D eigenvalue weighted by Gasteiger charge is -2.28. The summed E-state index contributed by atoms with van der Waals surface area (Å²) in [6.07, 6.45) is 14.9. The molecule has 29 heavy (non-hydrogen) atoms. The number of nitrogens with zero attached hydrogens (tertiary/aromatic N) is 1. The van der Waals surface area contributed by atoms with Gasteiger partial charge in [-0.2, -0.15) is 0 Å². The Hall–Kier alpha value is -1.10. The first-order chi connectivity index (χ1) is 13.6. The summed E-state index contributed by atoms with van der Waals surface area (Å²) in [5.41, 5.74) is 0. The van der Waals surface area contributed by atoms with E-state index in [0.29, 0.717) is 23.4 Å². The van der Waals surface area contributed by atoms with Gasteiger partial charge in [-0.05, 0) is 12.3 Å². The average molecular weight is 415 g/mol.